The molecule has 20 heavy (non-hydrogen) atoms. The second-order valence-electron chi connectivity index (χ2n) is 4.10. The van der Waals surface area contributed by atoms with E-state index in [9.17, 15) is 17.1 Å². The molecule has 0 bridgehead atoms. The van der Waals surface area contributed by atoms with Gasteiger partial charge in [0.1, 0.15) is 9.77 Å². The largest absolute Gasteiger partial charge is 0.465 e. The van der Waals surface area contributed by atoms with Crippen LogP contribution in [0.4, 0.5) is 3.89 Å². The number of benzene rings is 1. The lowest BCUT2D eigenvalue weighted by atomic mass is 10.1. The van der Waals surface area contributed by atoms with Gasteiger partial charge in [0, 0.05) is 4.88 Å². The number of rotatable bonds is 3. The highest BCUT2D eigenvalue weighted by Crippen LogP contribution is 2.35. The third kappa shape index (κ3) is 2.88. The minimum absolute atomic E-state index is 0.259. The molecule has 0 N–H and O–H groups in total. The van der Waals surface area contributed by atoms with Crippen LogP contribution in [0.1, 0.15) is 15.2 Å². The molecule has 1 aromatic heterocycles. The molecule has 106 valence electrons. The molecule has 1 aromatic carbocycles. The molecule has 0 spiro atoms. The number of hydrogen-bond donors (Lipinski definition) is 0. The van der Waals surface area contributed by atoms with Gasteiger partial charge in [-0.05, 0) is 18.6 Å². The molecule has 0 aliphatic heterocycles. The summed E-state index contributed by atoms with van der Waals surface area (Å²) in [6.07, 6.45) is 0. The van der Waals surface area contributed by atoms with E-state index in [1.807, 2.05) is 19.1 Å². The van der Waals surface area contributed by atoms with Gasteiger partial charge in [-0.25, -0.2) is 4.79 Å². The predicted molar refractivity (Wildman–Crippen MR) is 74.1 cm³/mol. The van der Waals surface area contributed by atoms with Crippen molar-refractivity contribution in [2.24, 2.45) is 0 Å². The lowest BCUT2D eigenvalue weighted by molar-refractivity contribution is 0.0602. The number of thiophene rings is 1. The van der Waals surface area contributed by atoms with Crippen LogP contribution in [0.25, 0.3) is 10.4 Å². The number of ether oxygens (including phenoxy) is 1. The normalized spacial score (nSPS) is 11.3. The molecular formula is C13H11FO4S2. The Morgan fingerprint density at radius 2 is 1.85 bits per heavy atom. The molecule has 0 atom stereocenters. The Kier molecular flexibility index (Phi) is 3.92. The molecule has 2 rings (SSSR count). The van der Waals surface area contributed by atoms with E-state index >= 15 is 0 Å². The summed E-state index contributed by atoms with van der Waals surface area (Å²) < 4.78 is 39.9. The minimum Gasteiger partial charge on any atom is -0.465 e. The summed E-state index contributed by atoms with van der Waals surface area (Å²) in [5, 5.41) is 0. The van der Waals surface area contributed by atoms with Gasteiger partial charge in [-0.2, -0.15) is 8.42 Å². The molecule has 0 saturated carbocycles. The molecule has 7 heteroatoms. The molecule has 0 fully saturated rings. The van der Waals surface area contributed by atoms with Crippen LogP contribution in [0.5, 0.6) is 0 Å². The summed E-state index contributed by atoms with van der Waals surface area (Å²) in [7, 11) is -3.86. The lowest BCUT2D eigenvalue weighted by Gasteiger charge is -1.97. The first-order valence-corrected chi connectivity index (χ1v) is 7.77. The van der Waals surface area contributed by atoms with Gasteiger partial charge >= 0.3 is 16.2 Å². The number of halogens is 1. The van der Waals surface area contributed by atoms with Crippen LogP contribution in [-0.4, -0.2) is 21.5 Å². The minimum atomic E-state index is -4.97. The van der Waals surface area contributed by atoms with Crippen LogP contribution in [0.2, 0.25) is 0 Å². The molecule has 4 nitrogen and oxygen atoms in total. The zero-order valence-electron chi connectivity index (χ0n) is 10.7. The van der Waals surface area contributed by atoms with E-state index in [1.54, 1.807) is 12.1 Å². The van der Waals surface area contributed by atoms with Crippen molar-refractivity contribution in [2.45, 2.75) is 11.8 Å². The first-order chi connectivity index (χ1) is 9.32. The van der Waals surface area contributed by atoms with Gasteiger partial charge in [-0.1, -0.05) is 29.8 Å². The van der Waals surface area contributed by atoms with Gasteiger partial charge in [0.05, 0.1) is 7.11 Å². The number of aryl methyl sites for hydroxylation is 1. The lowest BCUT2D eigenvalue weighted by Crippen LogP contribution is -2.03. The van der Waals surface area contributed by atoms with E-state index in [4.69, 9.17) is 0 Å². The highest BCUT2D eigenvalue weighted by Gasteiger charge is 2.26. The molecule has 0 saturated heterocycles. The standard InChI is InChI=1S/C13H11FO4S2/c1-8-3-5-9(6-4-8)10-7-11(20(14,16)17)12(19-10)13(15)18-2/h3-7H,1-2H3. The van der Waals surface area contributed by atoms with E-state index in [0.29, 0.717) is 10.4 Å². The van der Waals surface area contributed by atoms with E-state index in [2.05, 4.69) is 4.74 Å². The van der Waals surface area contributed by atoms with Gasteiger partial charge in [-0.15, -0.1) is 15.2 Å². The van der Waals surface area contributed by atoms with Crippen molar-refractivity contribution < 1.29 is 21.8 Å². The fourth-order valence-corrected chi connectivity index (χ4v) is 3.69. The van der Waals surface area contributed by atoms with Gasteiger partial charge in [0.15, 0.2) is 0 Å². The zero-order chi connectivity index (χ0) is 14.9. The van der Waals surface area contributed by atoms with E-state index < -0.39 is 21.1 Å². The Morgan fingerprint density at radius 1 is 1.25 bits per heavy atom. The first kappa shape index (κ1) is 14.7. The van der Waals surface area contributed by atoms with Crippen LogP contribution in [0, 0.1) is 6.92 Å². The van der Waals surface area contributed by atoms with Gasteiger partial charge in [0.25, 0.3) is 0 Å². The Bertz CT molecular complexity index is 745. The molecule has 0 radical (unpaired) electrons. The zero-order valence-corrected chi connectivity index (χ0v) is 12.3. The van der Waals surface area contributed by atoms with Crippen LogP contribution in [-0.2, 0) is 15.0 Å². The second-order valence-corrected chi connectivity index (χ2v) is 6.47. The average molecular weight is 314 g/mol. The van der Waals surface area contributed by atoms with Gasteiger partial charge in [0.2, 0.25) is 0 Å². The SMILES string of the molecule is COC(=O)c1sc(-c2ccc(C)cc2)cc1S(=O)(=O)F. The quantitative estimate of drug-likeness (QED) is 0.645. The number of methoxy groups -OCH3 is 1. The van der Waals surface area contributed by atoms with E-state index in [-0.39, 0.29) is 4.88 Å². The van der Waals surface area contributed by atoms with Crippen molar-refractivity contribution in [1.29, 1.82) is 0 Å². The highest BCUT2D eigenvalue weighted by molar-refractivity contribution is 7.86. The molecule has 0 unspecified atom stereocenters. The average Bonchev–Trinajstić information content (AvgIpc) is 2.83. The summed E-state index contributed by atoms with van der Waals surface area (Å²) in [6, 6.07) is 8.39. The summed E-state index contributed by atoms with van der Waals surface area (Å²) in [5.74, 6) is -0.871. The van der Waals surface area contributed by atoms with Crippen molar-refractivity contribution in [1.82, 2.24) is 0 Å². The monoisotopic (exact) mass is 314 g/mol. The van der Waals surface area contributed by atoms with Crippen molar-refractivity contribution in [3.63, 3.8) is 0 Å². The van der Waals surface area contributed by atoms with Crippen molar-refractivity contribution in [3.8, 4) is 10.4 Å². The number of carbonyl (C=O) groups excluding carboxylic acids is 1. The number of hydrogen-bond acceptors (Lipinski definition) is 5. The van der Waals surface area contributed by atoms with E-state index in [1.165, 1.54) is 0 Å². The molecule has 0 aliphatic carbocycles. The number of carbonyl (C=O) groups is 1. The Morgan fingerprint density at radius 3 is 2.35 bits per heavy atom. The van der Waals surface area contributed by atoms with Crippen LogP contribution >= 0.6 is 11.3 Å². The Balaban J connectivity index is 2.60. The maximum absolute atomic E-state index is 13.2. The van der Waals surface area contributed by atoms with E-state index in [0.717, 1.165) is 30.1 Å². The number of esters is 1. The summed E-state index contributed by atoms with van der Waals surface area (Å²) in [4.78, 5) is 11.1. The Labute approximate surface area is 120 Å². The first-order valence-electron chi connectivity index (χ1n) is 5.57. The van der Waals surface area contributed by atoms with Crippen LogP contribution in [0.15, 0.2) is 35.2 Å². The molecule has 1 heterocycles. The third-order valence-electron chi connectivity index (χ3n) is 2.67. The molecular weight excluding hydrogens is 303 g/mol. The summed E-state index contributed by atoms with van der Waals surface area (Å²) >= 11 is 0.884. The van der Waals surface area contributed by atoms with Gasteiger partial charge < -0.3 is 4.74 Å². The van der Waals surface area contributed by atoms with Crippen molar-refractivity contribution >= 4 is 27.5 Å². The third-order valence-corrected chi connectivity index (χ3v) is 4.81. The van der Waals surface area contributed by atoms with Crippen LogP contribution in [0.3, 0.4) is 0 Å². The van der Waals surface area contributed by atoms with Crippen molar-refractivity contribution in [3.05, 3.63) is 40.8 Å². The Hall–Kier alpha value is -1.73. The predicted octanol–water partition coefficient (Wildman–Crippen LogP) is 3.17. The highest BCUT2D eigenvalue weighted by atomic mass is 32.3. The molecule has 0 amide bonds. The maximum atomic E-state index is 13.2. The second kappa shape index (κ2) is 5.34. The molecule has 0 aliphatic rings. The smallest absolute Gasteiger partial charge is 0.349 e. The fraction of sp³-hybridized carbons (Fsp3) is 0.154. The van der Waals surface area contributed by atoms with Gasteiger partial charge in [-0.3, -0.25) is 0 Å². The van der Waals surface area contributed by atoms with Crippen molar-refractivity contribution in [2.75, 3.05) is 7.11 Å². The molecule has 2 aromatic rings. The summed E-state index contributed by atoms with van der Waals surface area (Å²) in [6.45, 7) is 1.91. The van der Waals surface area contributed by atoms with Crippen LogP contribution < -0.4 is 0 Å². The summed E-state index contributed by atoms with van der Waals surface area (Å²) in [5.41, 5.74) is 1.75. The fourth-order valence-electron chi connectivity index (χ4n) is 1.65. The maximum Gasteiger partial charge on any atom is 0.349 e. The topological polar surface area (TPSA) is 60.4 Å².